The topological polar surface area (TPSA) is 29.5 Å². The van der Waals surface area contributed by atoms with E-state index >= 15 is 0 Å². The third-order valence-electron chi connectivity index (χ3n) is 2.99. The first-order valence-corrected chi connectivity index (χ1v) is 5.72. The lowest BCUT2D eigenvalue weighted by Crippen LogP contribution is -2.21. The van der Waals surface area contributed by atoms with Crippen molar-refractivity contribution in [3.05, 3.63) is 29.3 Å². The maximum absolute atomic E-state index is 11.4. The van der Waals surface area contributed by atoms with Crippen molar-refractivity contribution in [3.63, 3.8) is 0 Å². The SMILES string of the molecule is CCCN1CCc2ccc(C(=O)OC)cc21. The quantitative estimate of drug-likeness (QED) is 0.730. The molecule has 0 saturated carbocycles. The van der Waals surface area contributed by atoms with E-state index in [1.54, 1.807) is 0 Å². The number of anilines is 1. The van der Waals surface area contributed by atoms with Crippen LogP contribution in [0.25, 0.3) is 0 Å². The van der Waals surface area contributed by atoms with E-state index in [-0.39, 0.29) is 5.97 Å². The Hall–Kier alpha value is -1.51. The van der Waals surface area contributed by atoms with E-state index in [4.69, 9.17) is 4.74 Å². The first kappa shape index (κ1) is 11.0. The highest BCUT2D eigenvalue weighted by atomic mass is 16.5. The van der Waals surface area contributed by atoms with E-state index in [1.807, 2.05) is 18.2 Å². The molecule has 0 aliphatic carbocycles. The van der Waals surface area contributed by atoms with E-state index in [2.05, 4.69) is 11.8 Å². The first-order chi connectivity index (χ1) is 7.76. The summed E-state index contributed by atoms with van der Waals surface area (Å²) in [4.78, 5) is 13.8. The summed E-state index contributed by atoms with van der Waals surface area (Å²) in [5.74, 6) is -0.258. The van der Waals surface area contributed by atoms with Crippen LogP contribution in [0.4, 0.5) is 5.69 Å². The molecule has 1 aromatic rings. The van der Waals surface area contributed by atoms with Gasteiger partial charge in [-0.25, -0.2) is 4.79 Å². The highest BCUT2D eigenvalue weighted by Gasteiger charge is 2.19. The van der Waals surface area contributed by atoms with Crippen LogP contribution in [0.15, 0.2) is 18.2 Å². The molecule has 0 N–H and O–H groups in total. The highest BCUT2D eigenvalue weighted by Crippen LogP contribution is 2.29. The maximum atomic E-state index is 11.4. The van der Waals surface area contributed by atoms with Gasteiger partial charge in [-0.1, -0.05) is 13.0 Å². The van der Waals surface area contributed by atoms with Gasteiger partial charge in [0.2, 0.25) is 0 Å². The zero-order chi connectivity index (χ0) is 11.5. The van der Waals surface area contributed by atoms with Gasteiger partial charge < -0.3 is 9.64 Å². The Morgan fingerprint density at radius 1 is 1.50 bits per heavy atom. The van der Waals surface area contributed by atoms with Crippen LogP contribution in [0, 0.1) is 0 Å². The second-order valence-corrected chi connectivity index (χ2v) is 4.07. The monoisotopic (exact) mass is 219 g/mol. The Morgan fingerprint density at radius 3 is 3.00 bits per heavy atom. The van der Waals surface area contributed by atoms with Crippen LogP contribution in [-0.2, 0) is 11.2 Å². The third kappa shape index (κ3) is 1.90. The van der Waals surface area contributed by atoms with Crippen molar-refractivity contribution in [1.82, 2.24) is 0 Å². The summed E-state index contributed by atoms with van der Waals surface area (Å²) >= 11 is 0. The predicted molar refractivity (Wildman–Crippen MR) is 64.0 cm³/mol. The number of carbonyl (C=O) groups is 1. The van der Waals surface area contributed by atoms with E-state index in [0.717, 1.165) is 25.9 Å². The number of hydrogen-bond acceptors (Lipinski definition) is 3. The Labute approximate surface area is 96.0 Å². The van der Waals surface area contributed by atoms with Crippen molar-refractivity contribution in [2.24, 2.45) is 0 Å². The van der Waals surface area contributed by atoms with Crippen LogP contribution in [0.2, 0.25) is 0 Å². The Bertz CT molecular complexity index is 399. The van der Waals surface area contributed by atoms with Gasteiger partial charge in [-0.05, 0) is 30.5 Å². The van der Waals surface area contributed by atoms with Gasteiger partial charge in [0.15, 0.2) is 0 Å². The van der Waals surface area contributed by atoms with Crippen molar-refractivity contribution >= 4 is 11.7 Å². The van der Waals surface area contributed by atoms with Gasteiger partial charge in [-0.2, -0.15) is 0 Å². The van der Waals surface area contributed by atoms with Gasteiger partial charge in [0.25, 0.3) is 0 Å². The fourth-order valence-electron chi connectivity index (χ4n) is 2.19. The fraction of sp³-hybridized carbons (Fsp3) is 0.462. The number of methoxy groups -OCH3 is 1. The second-order valence-electron chi connectivity index (χ2n) is 4.07. The summed E-state index contributed by atoms with van der Waals surface area (Å²) < 4.78 is 4.73. The minimum Gasteiger partial charge on any atom is -0.465 e. The molecule has 0 unspecified atom stereocenters. The van der Waals surface area contributed by atoms with Gasteiger partial charge >= 0.3 is 5.97 Å². The first-order valence-electron chi connectivity index (χ1n) is 5.72. The van der Waals surface area contributed by atoms with E-state index in [9.17, 15) is 4.79 Å². The van der Waals surface area contributed by atoms with Crippen LogP contribution in [0.1, 0.15) is 29.3 Å². The van der Waals surface area contributed by atoms with Gasteiger partial charge in [0.05, 0.1) is 12.7 Å². The normalized spacial score (nSPS) is 13.8. The van der Waals surface area contributed by atoms with E-state index in [0.29, 0.717) is 5.56 Å². The van der Waals surface area contributed by atoms with Crippen LogP contribution in [-0.4, -0.2) is 26.2 Å². The van der Waals surface area contributed by atoms with Crippen LogP contribution >= 0.6 is 0 Å². The summed E-state index contributed by atoms with van der Waals surface area (Å²) in [5, 5.41) is 0. The molecular formula is C13H17NO2. The zero-order valence-corrected chi connectivity index (χ0v) is 9.82. The number of rotatable bonds is 3. The predicted octanol–water partition coefficient (Wildman–Crippen LogP) is 2.25. The number of esters is 1. The summed E-state index contributed by atoms with van der Waals surface area (Å²) in [7, 11) is 1.42. The minimum atomic E-state index is -0.258. The summed E-state index contributed by atoms with van der Waals surface area (Å²) in [6.07, 6.45) is 2.21. The number of nitrogens with zero attached hydrogens (tertiary/aromatic N) is 1. The van der Waals surface area contributed by atoms with Crippen LogP contribution in [0.5, 0.6) is 0 Å². The molecule has 16 heavy (non-hydrogen) atoms. The summed E-state index contributed by atoms with van der Waals surface area (Å²) in [6.45, 7) is 4.29. The highest BCUT2D eigenvalue weighted by molar-refractivity contribution is 5.91. The number of hydrogen-bond donors (Lipinski definition) is 0. The lowest BCUT2D eigenvalue weighted by atomic mass is 10.1. The fourth-order valence-corrected chi connectivity index (χ4v) is 2.19. The summed E-state index contributed by atoms with van der Waals surface area (Å²) in [5.41, 5.74) is 3.18. The van der Waals surface area contributed by atoms with Crippen molar-refractivity contribution in [1.29, 1.82) is 0 Å². The number of benzene rings is 1. The zero-order valence-electron chi connectivity index (χ0n) is 9.82. The molecule has 0 aromatic heterocycles. The lowest BCUT2D eigenvalue weighted by Gasteiger charge is -2.18. The largest absolute Gasteiger partial charge is 0.465 e. The third-order valence-corrected chi connectivity index (χ3v) is 2.99. The molecular weight excluding hydrogens is 202 g/mol. The molecule has 3 nitrogen and oxygen atoms in total. The van der Waals surface area contributed by atoms with Gasteiger partial charge in [-0.15, -0.1) is 0 Å². The van der Waals surface area contributed by atoms with E-state index in [1.165, 1.54) is 18.4 Å². The van der Waals surface area contributed by atoms with Crippen molar-refractivity contribution < 1.29 is 9.53 Å². The number of fused-ring (bicyclic) bond motifs is 1. The molecule has 86 valence electrons. The average molecular weight is 219 g/mol. The molecule has 1 heterocycles. The molecule has 0 amide bonds. The van der Waals surface area contributed by atoms with Gasteiger partial charge in [-0.3, -0.25) is 0 Å². The molecule has 1 aromatic carbocycles. The smallest absolute Gasteiger partial charge is 0.337 e. The molecule has 0 fully saturated rings. The Kier molecular flexibility index (Phi) is 3.13. The van der Waals surface area contributed by atoms with Gasteiger partial charge in [0.1, 0.15) is 0 Å². The number of carbonyl (C=O) groups excluding carboxylic acids is 1. The van der Waals surface area contributed by atoms with Gasteiger partial charge in [0, 0.05) is 18.8 Å². The van der Waals surface area contributed by atoms with Crippen molar-refractivity contribution in [2.45, 2.75) is 19.8 Å². The molecule has 1 aliphatic rings. The molecule has 1 aliphatic heterocycles. The molecule has 0 bridgehead atoms. The Balaban J connectivity index is 2.29. The molecule has 3 heteroatoms. The van der Waals surface area contributed by atoms with Crippen LogP contribution in [0.3, 0.4) is 0 Å². The summed E-state index contributed by atoms with van der Waals surface area (Å²) in [6, 6.07) is 5.83. The molecule has 0 atom stereocenters. The standard InChI is InChI=1S/C13H17NO2/c1-3-7-14-8-6-10-4-5-11(9-12(10)14)13(15)16-2/h4-5,9H,3,6-8H2,1-2H3. The van der Waals surface area contributed by atoms with E-state index < -0.39 is 0 Å². The minimum absolute atomic E-state index is 0.258. The van der Waals surface area contributed by atoms with Crippen molar-refractivity contribution in [2.75, 3.05) is 25.1 Å². The average Bonchev–Trinajstić information content (AvgIpc) is 2.71. The van der Waals surface area contributed by atoms with Crippen molar-refractivity contribution in [3.8, 4) is 0 Å². The maximum Gasteiger partial charge on any atom is 0.337 e. The molecule has 0 radical (unpaired) electrons. The molecule has 0 spiro atoms. The lowest BCUT2D eigenvalue weighted by molar-refractivity contribution is 0.0601. The van der Waals surface area contributed by atoms with Crippen LogP contribution < -0.4 is 4.90 Å². The second kappa shape index (κ2) is 4.56. The number of ether oxygens (including phenoxy) is 1. The molecule has 0 saturated heterocycles. The molecule has 2 rings (SSSR count). The Morgan fingerprint density at radius 2 is 2.31 bits per heavy atom.